The lowest BCUT2D eigenvalue weighted by molar-refractivity contribution is 0.208. The summed E-state index contributed by atoms with van der Waals surface area (Å²) in [4.78, 5) is 10.6. The molecule has 0 bridgehead atoms. The summed E-state index contributed by atoms with van der Waals surface area (Å²) in [5.74, 6) is 1.60. The number of anilines is 2. The molecule has 2 aromatic heterocycles. The minimum atomic E-state index is 0.202. The molecule has 3 heterocycles. The quantitative estimate of drug-likeness (QED) is 0.844. The van der Waals surface area contributed by atoms with Gasteiger partial charge in [0.05, 0.1) is 0 Å². The second-order valence-electron chi connectivity index (χ2n) is 5.02. The smallest absolute Gasteiger partial charge is 0.181 e. The summed E-state index contributed by atoms with van der Waals surface area (Å²) in [6.45, 7) is 1.88. The first-order chi connectivity index (χ1) is 9.79. The maximum absolute atomic E-state index is 9.33. The van der Waals surface area contributed by atoms with Crippen molar-refractivity contribution in [1.82, 2.24) is 19.7 Å². The van der Waals surface area contributed by atoms with E-state index in [0.29, 0.717) is 11.5 Å². The van der Waals surface area contributed by atoms with Gasteiger partial charge < -0.3 is 15.7 Å². The summed E-state index contributed by atoms with van der Waals surface area (Å²) in [6, 6.07) is 1.82. The third kappa shape index (κ3) is 2.32. The molecule has 1 atom stereocenters. The molecule has 0 aromatic carbocycles. The average molecular weight is 274 g/mol. The van der Waals surface area contributed by atoms with Crippen LogP contribution >= 0.6 is 0 Å². The van der Waals surface area contributed by atoms with E-state index in [1.54, 1.807) is 17.1 Å². The van der Waals surface area contributed by atoms with Gasteiger partial charge in [0.15, 0.2) is 11.6 Å². The van der Waals surface area contributed by atoms with E-state index in [9.17, 15) is 5.11 Å². The molecule has 106 valence electrons. The molecule has 20 heavy (non-hydrogen) atoms. The SMILES string of the molecule is Nc1c(N2CCCC(CO)C2)ncnc1-n1cccn1. The highest BCUT2D eigenvalue weighted by atomic mass is 16.3. The molecule has 1 aliphatic heterocycles. The van der Waals surface area contributed by atoms with Crippen molar-refractivity contribution in [3.8, 4) is 5.82 Å². The summed E-state index contributed by atoms with van der Waals surface area (Å²) in [6.07, 6.45) is 7.07. The van der Waals surface area contributed by atoms with Gasteiger partial charge in [-0.25, -0.2) is 14.6 Å². The van der Waals surface area contributed by atoms with Gasteiger partial charge in [0.1, 0.15) is 12.0 Å². The average Bonchev–Trinajstić information content (AvgIpc) is 3.01. The topological polar surface area (TPSA) is 93.1 Å². The Kier molecular flexibility index (Phi) is 3.51. The van der Waals surface area contributed by atoms with Crippen molar-refractivity contribution in [1.29, 1.82) is 0 Å². The van der Waals surface area contributed by atoms with Gasteiger partial charge in [-0.1, -0.05) is 0 Å². The molecule has 0 amide bonds. The number of rotatable bonds is 3. The fraction of sp³-hybridized carbons (Fsp3) is 0.462. The number of nitrogens with two attached hydrogens (primary N) is 1. The number of aromatic nitrogens is 4. The van der Waals surface area contributed by atoms with E-state index in [1.807, 2.05) is 6.07 Å². The first-order valence-electron chi connectivity index (χ1n) is 6.76. The Morgan fingerprint density at radius 1 is 1.35 bits per heavy atom. The molecule has 0 aliphatic carbocycles. The van der Waals surface area contributed by atoms with Crippen LogP contribution in [0.5, 0.6) is 0 Å². The Morgan fingerprint density at radius 2 is 2.20 bits per heavy atom. The normalized spacial score (nSPS) is 19.2. The summed E-state index contributed by atoms with van der Waals surface area (Å²) in [5.41, 5.74) is 6.73. The van der Waals surface area contributed by atoms with Crippen LogP contribution in [-0.4, -0.2) is 44.6 Å². The molecule has 1 saturated heterocycles. The molecule has 3 rings (SSSR count). The predicted octanol–water partition coefficient (Wildman–Crippen LogP) is 0.453. The lowest BCUT2D eigenvalue weighted by Gasteiger charge is -2.33. The van der Waals surface area contributed by atoms with E-state index in [4.69, 9.17) is 5.73 Å². The van der Waals surface area contributed by atoms with Crippen LogP contribution in [0, 0.1) is 5.92 Å². The molecule has 0 spiro atoms. The van der Waals surface area contributed by atoms with Gasteiger partial charge in [0.2, 0.25) is 0 Å². The third-order valence-electron chi connectivity index (χ3n) is 3.64. The lowest BCUT2D eigenvalue weighted by atomic mass is 9.99. The molecule has 7 nitrogen and oxygen atoms in total. The summed E-state index contributed by atoms with van der Waals surface area (Å²) in [5, 5.41) is 13.5. The van der Waals surface area contributed by atoms with Gasteiger partial charge in [-0.2, -0.15) is 5.10 Å². The molecule has 1 aliphatic rings. The molecule has 0 radical (unpaired) electrons. The van der Waals surface area contributed by atoms with E-state index >= 15 is 0 Å². The number of aliphatic hydroxyl groups is 1. The Hall–Kier alpha value is -2.15. The number of nitrogens with zero attached hydrogens (tertiary/aromatic N) is 5. The Balaban J connectivity index is 1.92. The standard InChI is InChI=1S/C13H18N6O/c14-11-12(18-5-1-3-10(7-18)8-20)15-9-16-13(11)19-6-2-4-17-19/h2,4,6,9-10,20H,1,3,5,7-8,14H2. The minimum absolute atomic E-state index is 0.202. The van der Waals surface area contributed by atoms with Crippen molar-refractivity contribution in [3.05, 3.63) is 24.8 Å². The largest absolute Gasteiger partial charge is 0.396 e. The molecular weight excluding hydrogens is 256 g/mol. The van der Waals surface area contributed by atoms with Crippen molar-refractivity contribution in [3.63, 3.8) is 0 Å². The minimum Gasteiger partial charge on any atom is -0.396 e. The zero-order valence-corrected chi connectivity index (χ0v) is 11.2. The first kappa shape index (κ1) is 12.9. The van der Waals surface area contributed by atoms with Crippen molar-refractivity contribution < 1.29 is 5.11 Å². The van der Waals surface area contributed by atoms with E-state index in [1.165, 1.54) is 6.33 Å². The highest BCUT2D eigenvalue weighted by molar-refractivity contribution is 5.70. The molecular formula is C13H18N6O. The second kappa shape index (κ2) is 5.46. The fourth-order valence-corrected chi connectivity index (χ4v) is 2.61. The molecule has 1 unspecified atom stereocenters. The summed E-state index contributed by atoms with van der Waals surface area (Å²) < 4.78 is 1.63. The van der Waals surface area contributed by atoms with Crippen LogP contribution < -0.4 is 10.6 Å². The lowest BCUT2D eigenvalue weighted by Crippen LogP contribution is -2.38. The zero-order valence-electron chi connectivity index (χ0n) is 11.2. The van der Waals surface area contributed by atoms with E-state index in [2.05, 4.69) is 20.0 Å². The van der Waals surface area contributed by atoms with Gasteiger partial charge in [-0.05, 0) is 24.8 Å². The number of nitrogen functional groups attached to an aromatic ring is 1. The van der Waals surface area contributed by atoms with Crippen molar-refractivity contribution >= 4 is 11.5 Å². The van der Waals surface area contributed by atoms with Crippen LogP contribution in [0.3, 0.4) is 0 Å². The third-order valence-corrected chi connectivity index (χ3v) is 3.64. The predicted molar refractivity (Wildman–Crippen MR) is 75.6 cm³/mol. The van der Waals surface area contributed by atoms with Gasteiger partial charge >= 0.3 is 0 Å². The van der Waals surface area contributed by atoms with Gasteiger partial charge in [0.25, 0.3) is 0 Å². The first-order valence-corrected chi connectivity index (χ1v) is 6.76. The molecule has 2 aromatic rings. The maximum Gasteiger partial charge on any atom is 0.181 e. The highest BCUT2D eigenvalue weighted by Gasteiger charge is 2.23. The Bertz CT molecular complexity index is 570. The van der Waals surface area contributed by atoms with Crippen molar-refractivity contribution in [2.75, 3.05) is 30.3 Å². The van der Waals surface area contributed by atoms with Crippen LogP contribution in [0.4, 0.5) is 11.5 Å². The van der Waals surface area contributed by atoms with Crippen LogP contribution in [0.1, 0.15) is 12.8 Å². The number of hydrogen-bond donors (Lipinski definition) is 2. The van der Waals surface area contributed by atoms with E-state index < -0.39 is 0 Å². The monoisotopic (exact) mass is 274 g/mol. The number of piperidine rings is 1. The van der Waals surface area contributed by atoms with E-state index in [-0.39, 0.29) is 12.5 Å². The van der Waals surface area contributed by atoms with Gasteiger partial charge in [-0.3, -0.25) is 0 Å². The highest BCUT2D eigenvalue weighted by Crippen LogP contribution is 2.28. The van der Waals surface area contributed by atoms with Crippen LogP contribution in [0.15, 0.2) is 24.8 Å². The number of aliphatic hydroxyl groups excluding tert-OH is 1. The van der Waals surface area contributed by atoms with Crippen molar-refractivity contribution in [2.24, 2.45) is 5.92 Å². The van der Waals surface area contributed by atoms with Crippen LogP contribution in [0.2, 0.25) is 0 Å². The molecule has 1 fully saturated rings. The van der Waals surface area contributed by atoms with Gasteiger partial charge in [0, 0.05) is 32.1 Å². The summed E-state index contributed by atoms with van der Waals surface area (Å²) in [7, 11) is 0. The maximum atomic E-state index is 9.33. The second-order valence-corrected chi connectivity index (χ2v) is 5.02. The molecule has 7 heteroatoms. The zero-order chi connectivity index (χ0) is 13.9. The number of hydrogen-bond acceptors (Lipinski definition) is 6. The Morgan fingerprint density at radius 3 is 2.95 bits per heavy atom. The fourth-order valence-electron chi connectivity index (χ4n) is 2.61. The van der Waals surface area contributed by atoms with Gasteiger partial charge in [-0.15, -0.1) is 0 Å². The van der Waals surface area contributed by atoms with Crippen LogP contribution in [-0.2, 0) is 0 Å². The summed E-state index contributed by atoms with van der Waals surface area (Å²) >= 11 is 0. The van der Waals surface area contributed by atoms with E-state index in [0.717, 1.165) is 31.7 Å². The molecule has 3 N–H and O–H groups in total. The van der Waals surface area contributed by atoms with Crippen LogP contribution in [0.25, 0.3) is 5.82 Å². The molecule has 0 saturated carbocycles. The van der Waals surface area contributed by atoms with Crippen molar-refractivity contribution in [2.45, 2.75) is 12.8 Å². The Labute approximate surface area is 117 Å².